The SMILES string of the molecule is CC(c1ccccn1)N1CCN(C(=O)c2ccc(-n3cccn3)cc2)CC1. The molecule has 0 bridgehead atoms. The molecule has 6 heteroatoms. The van der Waals surface area contributed by atoms with Crippen LogP contribution in [0.15, 0.2) is 67.1 Å². The summed E-state index contributed by atoms with van der Waals surface area (Å²) in [5.41, 5.74) is 2.74. The highest BCUT2D eigenvalue weighted by Gasteiger charge is 2.25. The van der Waals surface area contributed by atoms with E-state index in [9.17, 15) is 4.79 Å². The monoisotopic (exact) mass is 361 g/mol. The highest BCUT2D eigenvalue weighted by atomic mass is 16.2. The van der Waals surface area contributed by atoms with Gasteiger partial charge < -0.3 is 4.90 Å². The van der Waals surface area contributed by atoms with E-state index < -0.39 is 0 Å². The molecule has 1 aliphatic rings. The van der Waals surface area contributed by atoms with Crippen LogP contribution in [0.1, 0.15) is 29.0 Å². The number of benzene rings is 1. The summed E-state index contributed by atoms with van der Waals surface area (Å²) in [7, 11) is 0. The number of nitrogens with zero attached hydrogens (tertiary/aromatic N) is 5. The summed E-state index contributed by atoms with van der Waals surface area (Å²) in [6, 6.07) is 15.8. The van der Waals surface area contributed by atoms with Crippen molar-refractivity contribution < 1.29 is 4.79 Å². The van der Waals surface area contributed by atoms with Crippen LogP contribution < -0.4 is 0 Å². The molecule has 0 saturated carbocycles. The topological polar surface area (TPSA) is 54.3 Å². The van der Waals surface area contributed by atoms with Gasteiger partial charge in [-0.1, -0.05) is 6.07 Å². The Morgan fingerprint density at radius 3 is 2.37 bits per heavy atom. The van der Waals surface area contributed by atoms with Crippen LogP contribution in [0.5, 0.6) is 0 Å². The standard InChI is InChI=1S/C21H23N5O/c1-17(20-5-2-3-10-22-20)24-13-15-25(16-14-24)21(27)18-6-8-19(9-7-18)26-12-4-11-23-26/h2-12,17H,13-16H2,1H3. The summed E-state index contributed by atoms with van der Waals surface area (Å²) in [5, 5.41) is 4.21. The van der Waals surface area contributed by atoms with Gasteiger partial charge in [0.05, 0.1) is 11.4 Å². The summed E-state index contributed by atoms with van der Waals surface area (Å²) >= 11 is 0. The summed E-state index contributed by atoms with van der Waals surface area (Å²) in [5.74, 6) is 0.0900. The maximum atomic E-state index is 12.8. The largest absolute Gasteiger partial charge is 0.336 e. The van der Waals surface area contributed by atoms with Crippen molar-refractivity contribution in [1.29, 1.82) is 0 Å². The van der Waals surface area contributed by atoms with E-state index >= 15 is 0 Å². The van der Waals surface area contributed by atoms with Gasteiger partial charge in [0.15, 0.2) is 0 Å². The summed E-state index contributed by atoms with van der Waals surface area (Å²) in [6.45, 7) is 5.35. The van der Waals surface area contributed by atoms with Crippen LogP contribution >= 0.6 is 0 Å². The van der Waals surface area contributed by atoms with Gasteiger partial charge >= 0.3 is 0 Å². The first-order chi connectivity index (χ1) is 13.2. The molecule has 6 nitrogen and oxygen atoms in total. The van der Waals surface area contributed by atoms with Gasteiger partial charge in [0.25, 0.3) is 5.91 Å². The predicted octanol–water partition coefficient (Wildman–Crippen LogP) is 2.79. The molecule has 4 rings (SSSR count). The first-order valence-electron chi connectivity index (χ1n) is 9.27. The van der Waals surface area contributed by atoms with Crippen LogP contribution in [0.2, 0.25) is 0 Å². The summed E-state index contributed by atoms with van der Waals surface area (Å²) in [6.07, 6.45) is 5.46. The molecule has 0 spiro atoms. The fourth-order valence-electron chi connectivity index (χ4n) is 3.48. The molecule has 3 aromatic rings. The molecule has 0 radical (unpaired) electrons. The molecule has 27 heavy (non-hydrogen) atoms. The van der Waals surface area contributed by atoms with Gasteiger partial charge in [-0.15, -0.1) is 0 Å². The number of rotatable bonds is 4. The summed E-state index contributed by atoms with van der Waals surface area (Å²) < 4.78 is 1.78. The Balaban J connectivity index is 1.37. The van der Waals surface area contributed by atoms with Gasteiger partial charge in [0.1, 0.15) is 0 Å². The molecule has 0 aliphatic carbocycles. The van der Waals surface area contributed by atoms with Crippen molar-refractivity contribution in [2.24, 2.45) is 0 Å². The van der Waals surface area contributed by atoms with E-state index in [-0.39, 0.29) is 11.9 Å². The number of piperazine rings is 1. The fourth-order valence-corrected chi connectivity index (χ4v) is 3.48. The molecule has 1 aliphatic heterocycles. The maximum Gasteiger partial charge on any atom is 0.253 e. The summed E-state index contributed by atoms with van der Waals surface area (Å²) in [4.78, 5) is 21.6. The van der Waals surface area contributed by atoms with E-state index in [1.807, 2.05) is 59.8 Å². The van der Waals surface area contributed by atoms with Gasteiger partial charge in [0, 0.05) is 56.4 Å². The Kier molecular flexibility index (Phi) is 4.98. The average molecular weight is 361 g/mol. The third kappa shape index (κ3) is 3.75. The molecule has 2 aromatic heterocycles. The Labute approximate surface area is 159 Å². The van der Waals surface area contributed by atoms with E-state index in [0.29, 0.717) is 0 Å². The number of hydrogen-bond acceptors (Lipinski definition) is 4. The number of carbonyl (C=O) groups excluding carboxylic acids is 1. The zero-order valence-electron chi connectivity index (χ0n) is 15.4. The Hall–Kier alpha value is -2.99. The zero-order chi connectivity index (χ0) is 18.6. The zero-order valence-corrected chi connectivity index (χ0v) is 15.4. The highest BCUT2D eigenvalue weighted by Crippen LogP contribution is 2.20. The molecule has 1 amide bonds. The van der Waals surface area contributed by atoms with Crippen molar-refractivity contribution in [3.05, 3.63) is 78.4 Å². The van der Waals surface area contributed by atoms with Crippen molar-refractivity contribution in [2.75, 3.05) is 26.2 Å². The van der Waals surface area contributed by atoms with Crippen LogP contribution in [0, 0.1) is 0 Å². The van der Waals surface area contributed by atoms with E-state index in [0.717, 1.165) is 43.1 Å². The highest BCUT2D eigenvalue weighted by molar-refractivity contribution is 5.94. The molecule has 1 atom stereocenters. The number of amides is 1. The molecular weight excluding hydrogens is 338 g/mol. The second-order valence-corrected chi connectivity index (χ2v) is 6.76. The van der Waals surface area contributed by atoms with Crippen LogP contribution in [-0.4, -0.2) is 56.7 Å². The second kappa shape index (κ2) is 7.72. The van der Waals surface area contributed by atoms with Crippen molar-refractivity contribution in [3.8, 4) is 5.69 Å². The number of aromatic nitrogens is 3. The van der Waals surface area contributed by atoms with E-state index in [1.54, 1.807) is 10.9 Å². The third-order valence-electron chi connectivity index (χ3n) is 5.15. The Morgan fingerprint density at radius 1 is 0.963 bits per heavy atom. The molecule has 3 heterocycles. The van der Waals surface area contributed by atoms with Crippen LogP contribution in [0.4, 0.5) is 0 Å². The average Bonchev–Trinajstić information content (AvgIpc) is 3.28. The normalized spacial score (nSPS) is 16.3. The molecule has 1 saturated heterocycles. The fraction of sp³-hybridized carbons (Fsp3) is 0.286. The van der Waals surface area contributed by atoms with E-state index in [4.69, 9.17) is 0 Å². The molecule has 1 unspecified atom stereocenters. The number of carbonyl (C=O) groups is 1. The van der Waals surface area contributed by atoms with Crippen LogP contribution in [-0.2, 0) is 0 Å². The number of pyridine rings is 1. The van der Waals surface area contributed by atoms with Gasteiger partial charge in [-0.2, -0.15) is 5.10 Å². The Bertz CT molecular complexity index is 869. The minimum atomic E-state index is 0.0900. The second-order valence-electron chi connectivity index (χ2n) is 6.76. The Morgan fingerprint density at radius 2 is 1.74 bits per heavy atom. The smallest absolute Gasteiger partial charge is 0.253 e. The first-order valence-corrected chi connectivity index (χ1v) is 9.27. The minimum absolute atomic E-state index is 0.0900. The lowest BCUT2D eigenvalue weighted by atomic mass is 10.1. The lowest BCUT2D eigenvalue weighted by Gasteiger charge is -2.37. The molecule has 1 fully saturated rings. The van der Waals surface area contributed by atoms with Gasteiger partial charge in [-0.05, 0) is 49.4 Å². The molecule has 0 N–H and O–H groups in total. The van der Waals surface area contributed by atoms with Gasteiger partial charge in [-0.25, -0.2) is 4.68 Å². The quantitative estimate of drug-likeness (QED) is 0.717. The van der Waals surface area contributed by atoms with E-state index in [1.165, 1.54) is 0 Å². The maximum absolute atomic E-state index is 12.8. The molecule has 1 aromatic carbocycles. The molecule has 138 valence electrons. The van der Waals surface area contributed by atoms with Gasteiger partial charge in [-0.3, -0.25) is 14.7 Å². The van der Waals surface area contributed by atoms with E-state index in [2.05, 4.69) is 28.0 Å². The van der Waals surface area contributed by atoms with Crippen molar-refractivity contribution in [1.82, 2.24) is 24.6 Å². The van der Waals surface area contributed by atoms with Crippen LogP contribution in [0.25, 0.3) is 5.69 Å². The van der Waals surface area contributed by atoms with Crippen molar-refractivity contribution in [2.45, 2.75) is 13.0 Å². The number of hydrogen-bond donors (Lipinski definition) is 0. The predicted molar refractivity (Wildman–Crippen MR) is 104 cm³/mol. The van der Waals surface area contributed by atoms with Crippen molar-refractivity contribution >= 4 is 5.91 Å². The van der Waals surface area contributed by atoms with Crippen molar-refractivity contribution in [3.63, 3.8) is 0 Å². The lowest BCUT2D eigenvalue weighted by molar-refractivity contribution is 0.0579. The first kappa shape index (κ1) is 17.4. The van der Waals surface area contributed by atoms with Crippen LogP contribution in [0.3, 0.4) is 0 Å². The molecular formula is C21H23N5O. The lowest BCUT2D eigenvalue weighted by Crippen LogP contribution is -2.49. The van der Waals surface area contributed by atoms with Gasteiger partial charge in [0.2, 0.25) is 0 Å². The third-order valence-corrected chi connectivity index (χ3v) is 5.15. The minimum Gasteiger partial charge on any atom is -0.336 e.